The number of benzene rings is 1. The topological polar surface area (TPSA) is 113 Å². The Labute approximate surface area is 142 Å². The molecule has 0 N–H and O–H groups in total. The number of hydrogen-bond acceptors (Lipinski definition) is 7. The van der Waals surface area contributed by atoms with Gasteiger partial charge >= 0.3 is 0 Å². The van der Waals surface area contributed by atoms with Crippen molar-refractivity contribution >= 4 is 11.5 Å². The summed E-state index contributed by atoms with van der Waals surface area (Å²) in [5, 5.41) is 14.9. The van der Waals surface area contributed by atoms with Gasteiger partial charge in [-0.1, -0.05) is 0 Å². The van der Waals surface area contributed by atoms with Crippen LogP contribution >= 0.6 is 0 Å². The van der Waals surface area contributed by atoms with Gasteiger partial charge in [-0.25, -0.2) is 14.6 Å². The van der Waals surface area contributed by atoms with Crippen molar-refractivity contribution in [2.24, 2.45) is 0 Å². The number of carbonyl (C=O) groups excluding carboxylic acids is 1. The lowest BCUT2D eigenvalue weighted by Gasteiger charge is -2.05. The van der Waals surface area contributed by atoms with E-state index in [1.807, 2.05) is 0 Å². The average Bonchev–Trinajstić information content (AvgIpc) is 3.10. The normalized spacial score (nSPS) is 10.4. The molecule has 9 nitrogen and oxygen atoms in total. The van der Waals surface area contributed by atoms with Gasteiger partial charge in [0.05, 0.1) is 17.6 Å². The molecule has 0 amide bonds. The van der Waals surface area contributed by atoms with Crippen molar-refractivity contribution in [2.75, 3.05) is 7.11 Å². The third-order valence-electron chi connectivity index (χ3n) is 3.44. The summed E-state index contributed by atoms with van der Waals surface area (Å²) in [6.07, 6.45) is 2.97. The SMILES string of the molecule is COc1ncccc1C(=O)Cn1cnc(-c2ccc([N+](=O)[O-])cc2)n1. The predicted molar refractivity (Wildman–Crippen MR) is 87.2 cm³/mol. The van der Waals surface area contributed by atoms with Crippen LogP contribution in [-0.4, -0.2) is 37.6 Å². The van der Waals surface area contributed by atoms with Gasteiger partial charge in [-0.3, -0.25) is 14.9 Å². The maximum Gasteiger partial charge on any atom is 0.269 e. The number of non-ortho nitro benzene ring substituents is 1. The van der Waals surface area contributed by atoms with Gasteiger partial charge in [-0.05, 0) is 24.3 Å². The molecule has 0 radical (unpaired) electrons. The van der Waals surface area contributed by atoms with E-state index in [9.17, 15) is 14.9 Å². The first-order valence-corrected chi connectivity index (χ1v) is 7.25. The van der Waals surface area contributed by atoms with Crippen molar-refractivity contribution in [3.8, 4) is 17.3 Å². The second kappa shape index (κ2) is 6.87. The number of ketones is 1. The van der Waals surface area contributed by atoms with Gasteiger partial charge in [-0.15, -0.1) is 0 Å². The molecular formula is C16H13N5O4. The number of rotatable bonds is 6. The van der Waals surface area contributed by atoms with Crippen molar-refractivity contribution in [1.82, 2.24) is 19.7 Å². The molecule has 25 heavy (non-hydrogen) atoms. The van der Waals surface area contributed by atoms with Crippen LogP contribution in [0.4, 0.5) is 5.69 Å². The third-order valence-corrected chi connectivity index (χ3v) is 3.44. The molecule has 2 aromatic heterocycles. The first kappa shape index (κ1) is 16.2. The van der Waals surface area contributed by atoms with E-state index in [1.165, 1.54) is 36.4 Å². The number of nitro groups is 1. The highest BCUT2D eigenvalue weighted by molar-refractivity contribution is 5.97. The number of carbonyl (C=O) groups is 1. The Balaban J connectivity index is 1.77. The van der Waals surface area contributed by atoms with Crippen molar-refractivity contribution in [3.05, 3.63) is 64.6 Å². The molecule has 3 rings (SSSR count). The molecule has 0 atom stereocenters. The van der Waals surface area contributed by atoms with Crippen LogP contribution in [0.1, 0.15) is 10.4 Å². The summed E-state index contributed by atoms with van der Waals surface area (Å²) in [6.45, 7) is -0.0258. The summed E-state index contributed by atoms with van der Waals surface area (Å²) in [6, 6.07) is 9.15. The van der Waals surface area contributed by atoms with Crippen molar-refractivity contribution in [2.45, 2.75) is 6.54 Å². The Morgan fingerprint density at radius 2 is 2.00 bits per heavy atom. The molecule has 0 saturated carbocycles. The quantitative estimate of drug-likeness (QED) is 0.384. The molecule has 9 heteroatoms. The lowest BCUT2D eigenvalue weighted by Crippen LogP contribution is -2.12. The minimum atomic E-state index is -0.476. The van der Waals surface area contributed by atoms with Crippen LogP contribution in [0, 0.1) is 10.1 Å². The first-order chi connectivity index (χ1) is 12.1. The Hall–Kier alpha value is -3.62. The fraction of sp³-hybridized carbons (Fsp3) is 0.125. The van der Waals surface area contributed by atoms with Gasteiger partial charge in [0.1, 0.15) is 12.9 Å². The van der Waals surface area contributed by atoms with E-state index in [4.69, 9.17) is 4.74 Å². The summed E-state index contributed by atoms with van der Waals surface area (Å²) in [7, 11) is 1.45. The fourth-order valence-corrected chi connectivity index (χ4v) is 2.23. The van der Waals surface area contributed by atoms with Crippen molar-refractivity contribution < 1.29 is 14.5 Å². The zero-order chi connectivity index (χ0) is 17.8. The van der Waals surface area contributed by atoms with Crippen LogP contribution in [0.5, 0.6) is 5.88 Å². The molecular weight excluding hydrogens is 326 g/mol. The van der Waals surface area contributed by atoms with Crippen LogP contribution in [-0.2, 0) is 6.54 Å². The minimum absolute atomic E-state index is 0.0120. The van der Waals surface area contributed by atoms with E-state index in [2.05, 4.69) is 15.1 Å². The van der Waals surface area contributed by atoms with Crippen LogP contribution < -0.4 is 4.74 Å². The maximum absolute atomic E-state index is 12.4. The number of methoxy groups -OCH3 is 1. The molecule has 0 unspecified atom stereocenters. The zero-order valence-electron chi connectivity index (χ0n) is 13.2. The molecule has 0 aliphatic rings. The first-order valence-electron chi connectivity index (χ1n) is 7.25. The zero-order valence-corrected chi connectivity index (χ0v) is 13.2. The molecule has 0 bridgehead atoms. The summed E-state index contributed by atoms with van der Waals surface area (Å²) in [5.41, 5.74) is 0.968. The highest BCUT2D eigenvalue weighted by Gasteiger charge is 2.15. The van der Waals surface area contributed by atoms with Crippen LogP contribution in [0.15, 0.2) is 48.9 Å². The van der Waals surface area contributed by atoms with E-state index in [-0.39, 0.29) is 23.9 Å². The van der Waals surface area contributed by atoms with Crippen LogP contribution in [0.3, 0.4) is 0 Å². The molecule has 0 fully saturated rings. The van der Waals surface area contributed by atoms with E-state index < -0.39 is 4.92 Å². The van der Waals surface area contributed by atoms with E-state index >= 15 is 0 Å². The van der Waals surface area contributed by atoms with Gasteiger partial charge < -0.3 is 4.74 Å². The Bertz CT molecular complexity index is 920. The average molecular weight is 339 g/mol. The van der Waals surface area contributed by atoms with Gasteiger partial charge in [0, 0.05) is 23.9 Å². The minimum Gasteiger partial charge on any atom is -0.480 e. The highest BCUT2D eigenvalue weighted by Crippen LogP contribution is 2.19. The van der Waals surface area contributed by atoms with Crippen LogP contribution in [0.2, 0.25) is 0 Å². The van der Waals surface area contributed by atoms with E-state index in [0.29, 0.717) is 17.0 Å². The lowest BCUT2D eigenvalue weighted by atomic mass is 10.2. The van der Waals surface area contributed by atoms with Gasteiger partial charge in [0.15, 0.2) is 11.6 Å². The van der Waals surface area contributed by atoms with Gasteiger partial charge in [0.2, 0.25) is 5.88 Å². The van der Waals surface area contributed by atoms with E-state index in [0.717, 1.165) is 0 Å². The highest BCUT2D eigenvalue weighted by atomic mass is 16.6. The monoisotopic (exact) mass is 339 g/mol. The van der Waals surface area contributed by atoms with Crippen molar-refractivity contribution in [3.63, 3.8) is 0 Å². The number of nitro benzene ring substituents is 1. The Morgan fingerprint density at radius 1 is 1.24 bits per heavy atom. The largest absolute Gasteiger partial charge is 0.480 e. The smallest absolute Gasteiger partial charge is 0.269 e. The maximum atomic E-state index is 12.4. The van der Waals surface area contributed by atoms with E-state index in [1.54, 1.807) is 24.3 Å². The standard InChI is InChI=1S/C16H13N5O4/c1-25-16-13(3-2-8-17-16)14(22)9-20-10-18-15(19-20)11-4-6-12(7-5-11)21(23)24/h2-8,10H,9H2,1H3. The number of aromatic nitrogens is 4. The fourth-order valence-electron chi connectivity index (χ4n) is 2.23. The number of Topliss-reactive ketones (excluding diaryl/α,β-unsaturated/α-hetero) is 1. The van der Waals surface area contributed by atoms with Crippen molar-refractivity contribution in [1.29, 1.82) is 0 Å². The lowest BCUT2D eigenvalue weighted by molar-refractivity contribution is -0.384. The molecule has 1 aromatic carbocycles. The van der Waals surface area contributed by atoms with Gasteiger partial charge in [0.25, 0.3) is 5.69 Å². The second-order valence-corrected chi connectivity index (χ2v) is 5.05. The summed E-state index contributed by atoms with van der Waals surface area (Å²) >= 11 is 0. The third kappa shape index (κ3) is 3.50. The number of pyridine rings is 1. The molecule has 3 aromatic rings. The molecule has 0 spiro atoms. The molecule has 0 aliphatic heterocycles. The van der Waals surface area contributed by atoms with Crippen LogP contribution in [0.25, 0.3) is 11.4 Å². The molecule has 2 heterocycles. The molecule has 126 valence electrons. The molecule has 0 aliphatic carbocycles. The van der Waals surface area contributed by atoms with Gasteiger partial charge in [-0.2, -0.15) is 5.10 Å². The summed E-state index contributed by atoms with van der Waals surface area (Å²) < 4.78 is 6.47. The predicted octanol–water partition coefficient (Wildman–Crippen LogP) is 2.14. The number of hydrogen-bond donors (Lipinski definition) is 0. The summed E-state index contributed by atoms with van der Waals surface area (Å²) in [4.78, 5) is 30.7. The second-order valence-electron chi connectivity index (χ2n) is 5.05. The number of ether oxygens (including phenoxy) is 1. The molecule has 0 saturated heterocycles. The summed E-state index contributed by atoms with van der Waals surface area (Å²) in [5.74, 6) is 0.411. The Morgan fingerprint density at radius 3 is 2.68 bits per heavy atom. The Kier molecular flexibility index (Phi) is 4.46. The number of nitrogens with zero attached hydrogens (tertiary/aromatic N) is 5.